The number of aromatic nitrogens is 1. The molecular formula is C13H25IN4OS. The van der Waals surface area contributed by atoms with Crippen molar-refractivity contribution in [2.75, 3.05) is 26.8 Å². The van der Waals surface area contributed by atoms with Crippen LogP contribution in [0.15, 0.2) is 4.99 Å². The van der Waals surface area contributed by atoms with Crippen molar-refractivity contribution < 1.29 is 4.74 Å². The van der Waals surface area contributed by atoms with Crippen molar-refractivity contribution in [1.82, 2.24) is 15.6 Å². The van der Waals surface area contributed by atoms with Crippen molar-refractivity contribution >= 4 is 41.3 Å². The van der Waals surface area contributed by atoms with E-state index in [9.17, 15) is 0 Å². The molecule has 0 saturated heterocycles. The van der Waals surface area contributed by atoms with Gasteiger partial charge in [0.05, 0.1) is 12.2 Å². The third kappa shape index (κ3) is 7.39. The lowest BCUT2D eigenvalue weighted by Gasteiger charge is -2.10. The Bertz CT molecular complexity index is 390. The quantitative estimate of drug-likeness (QED) is 0.313. The lowest BCUT2D eigenvalue weighted by atomic mass is 10.4. The van der Waals surface area contributed by atoms with Gasteiger partial charge in [0.15, 0.2) is 5.96 Å². The van der Waals surface area contributed by atoms with Gasteiger partial charge in [-0.1, -0.05) is 0 Å². The minimum absolute atomic E-state index is 0. The number of ether oxygens (including phenoxy) is 1. The number of nitrogens with zero attached hydrogens (tertiary/aromatic N) is 2. The van der Waals surface area contributed by atoms with Gasteiger partial charge in [-0.3, -0.25) is 4.99 Å². The van der Waals surface area contributed by atoms with Crippen LogP contribution in [0.1, 0.15) is 28.9 Å². The second-order valence-corrected chi connectivity index (χ2v) is 5.44. The summed E-state index contributed by atoms with van der Waals surface area (Å²) in [5, 5.41) is 7.61. The van der Waals surface area contributed by atoms with Gasteiger partial charge in [-0.25, -0.2) is 4.98 Å². The molecule has 0 aromatic carbocycles. The molecule has 0 aliphatic carbocycles. The molecular weight excluding hydrogens is 387 g/mol. The van der Waals surface area contributed by atoms with E-state index in [1.807, 2.05) is 13.8 Å². The molecule has 0 unspecified atom stereocenters. The lowest BCUT2D eigenvalue weighted by Crippen LogP contribution is -2.37. The molecule has 0 bridgehead atoms. The van der Waals surface area contributed by atoms with Crippen LogP contribution in [0, 0.1) is 13.8 Å². The van der Waals surface area contributed by atoms with Crippen LogP contribution >= 0.6 is 35.3 Å². The third-order valence-electron chi connectivity index (χ3n) is 2.67. The van der Waals surface area contributed by atoms with Crippen molar-refractivity contribution in [2.45, 2.75) is 33.7 Å². The van der Waals surface area contributed by atoms with E-state index < -0.39 is 0 Å². The van der Waals surface area contributed by atoms with Crippen molar-refractivity contribution in [2.24, 2.45) is 4.99 Å². The molecule has 20 heavy (non-hydrogen) atoms. The fourth-order valence-corrected chi connectivity index (χ4v) is 2.39. The second kappa shape index (κ2) is 11.3. The maximum Gasteiger partial charge on any atom is 0.191 e. The number of aliphatic imine (C=N–C) groups is 1. The first-order chi connectivity index (χ1) is 9.17. The van der Waals surface area contributed by atoms with E-state index in [-0.39, 0.29) is 24.0 Å². The van der Waals surface area contributed by atoms with Crippen molar-refractivity contribution in [3.05, 3.63) is 15.6 Å². The summed E-state index contributed by atoms with van der Waals surface area (Å²) in [4.78, 5) is 9.95. The molecule has 1 aromatic heterocycles. The van der Waals surface area contributed by atoms with E-state index >= 15 is 0 Å². The average Bonchev–Trinajstić information content (AvgIpc) is 2.72. The van der Waals surface area contributed by atoms with E-state index in [1.54, 1.807) is 18.4 Å². The Kier molecular flexibility index (Phi) is 11.0. The average molecular weight is 412 g/mol. The third-order valence-corrected chi connectivity index (χ3v) is 3.74. The molecule has 0 saturated carbocycles. The Morgan fingerprint density at radius 1 is 1.35 bits per heavy atom. The summed E-state index contributed by atoms with van der Waals surface area (Å²) in [5.74, 6) is 0.807. The van der Waals surface area contributed by atoms with Gasteiger partial charge < -0.3 is 15.4 Å². The maximum atomic E-state index is 5.29. The minimum Gasteiger partial charge on any atom is -0.382 e. The van der Waals surface area contributed by atoms with Gasteiger partial charge in [-0.05, 0) is 27.2 Å². The summed E-state index contributed by atoms with van der Waals surface area (Å²) < 4.78 is 5.29. The van der Waals surface area contributed by atoms with Crippen molar-refractivity contribution in [3.63, 3.8) is 0 Å². The Morgan fingerprint density at radius 3 is 2.65 bits per heavy atom. The van der Waals surface area contributed by atoms with E-state index in [0.29, 0.717) is 6.54 Å². The normalized spacial score (nSPS) is 11.1. The van der Waals surface area contributed by atoms with E-state index in [2.05, 4.69) is 27.5 Å². The lowest BCUT2D eigenvalue weighted by molar-refractivity contribution is 0.145. The van der Waals surface area contributed by atoms with E-state index in [4.69, 9.17) is 4.74 Å². The Labute approximate surface area is 142 Å². The Morgan fingerprint density at radius 2 is 2.10 bits per heavy atom. The number of hydrogen-bond donors (Lipinski definition) is 2. The van der Waals surface area contributed by atoms with Gasteiger partial charge in [0, 0.05) is 31.7 Å². The molecule has 0 aliphatic heterocycles. The summed E-state index contributed by atoms with van der Waals surface area (Å²) in [6.45, 7) is 9.26. The van der Waals surface area contributed by atoms with Gasteiger partial charge in [0.2, 0.25) is 0 Å². The fraction of sp³-hybridized carbons (Fsp3) is 0.692. The maximum absolute atomic E-state index is 5.29. The Hall–Kier alpha value is -0.410. The molecule has 1 aromatic rings. The van der Waals surface area contributed by atoms with Crippen LogP contribution < -0.4 is 10.6 Å². The molecule has 0 aliphatic rings. The molecule has 7 heteroatoms. The highest BCUT2D eigenvalue weighted by atomic mass is 127. The number of hydrogen-bond acceptors (Lipinski definition) is 4. The summed E-state index contributed by atoms with van der Waals surface area (Å²) in [7, 11) is 1.77. The van der Waals surface area contributed by atoms with Gasteiger partial charge in [0.1, 0.15) is 5.01 Å². The predicted molar refractivity (Wildman–Crippen MR) is 96.3 cm³/mol. The highest BCUT2D eigenvalue weighted by molar-refractivity contribution is 14.0. The topological polar surface area (TPSA) is 58.5 Å². The molecule has 0 amide bonds. The van der Waals surface area contributed by atoms with Crippen LogP contribution in [0.4, 0.5) is 0 Å². The zero-order chi connectivity index (χ0) is 14.1. The van der Waals surface area contributed by atoms with Crippen LogP contribution in [0.2, 0.25) is 0 Å². The minimum atomic E-state index is 0. The zero-order valence-electron chi connectivity index (χ0n) is 12.7. The molecule has 1 heterocycles. The first kappa shape index (κ1) is 19.6. The number of guanidine groups is 1. The molecule has 1 rings (SSSR count). The molecule has 116 valence electrons. The molecule has 5 nitrogen and oxygen atoms in total. The first-order valence-corrected chi connectivity index (χ1v) is 7.44. The fourth-order valence-electron chi connectivity index (χ4n) is 1.52. The predicted octanol–water partition coefficient (Wildman–Crippen LogP) is 2.47. The number of aryl methyl sites for hydroxylation is 2. The standard InChI is InChI=1S/C13H24N4OS.HI/c1-5-18-8-6-7-15-13(14-4)16-9-12-17-10(2)11(3)19-12;/h5-9H2,1-4H3,(H2,14,15,16);1H. The number of halogens is 1. The van der Waals surface area contributed by atoms with Gasteiger partial charge in [0.25, 0.3) is 0 Å². The van der Waals surface area contributed by atoms with Crippen LogP contribution in [0.25, 0.3) is 0 Å². The summed E-state index contributed by atoms with van der Waals surface area (Å²) in [5.41, 5.74) is 1.11. The van der Waals surface area contributed by atoms with Crippen molar-refractivity contribution in [3.8, 4) is 0 Å². The van der Waals surface area contributed by atoms with Crippen LogP contribution in [-0.2, 0) is 11.3 Å². The Balaban J connectivity index is 0.00000361. The number of thiazole rings is 1. The monoisotopic (exact) mass is 412 g/mol. The number of nitrogens with one attached hydrogen (secondary N) is 2. The first-order valence-electron chi connectivity index (χ1n) is 6.62. The van der Waals surface area contributed by atoms with Gasteiger partial charge in [-0.15, -0.1) is 35.3 Å². The summed E-state index contributed by atoms with van der Waals surface area (Å²) >= 11 is 1.73. The van der Waals surface area contributed by atoms with Gasteiger partial charge in [-0.2, -0.15) is 0 Å². The zero-order valence-corrected chi connectivity index (χ0v) is 15.8. The second-order valence-electron chi connectivity index (χ2n) is 4.15. The van der Waals surface area contributed by atoms with E-state index in [1.165, 1.54) is 4.88 Å². The van der Waals surface area contributed by atoms with Crippen LogP contribution in [-0.4, -0.2) is 37.7 Å². The van der Waals surface area contributed by atoms with E-state index in [0.717, 1.165) is 42.8 Å². The molecule has 0 atom stereocenters. The number of rotatable bonds is 7. The summed E-state index contributed by atoms with van der Waals surface area (Å²) in [6.07, 6.45) is 0.976. The molecule has 2 N–H and O–H groups in total. The van der Waals surface area contributed by atoms with Gasteiger partial charge >= 0.3 is 0 Å². The largest absolute Gasteiger partial charge is 0.382 e. The highest BCUT2D eigenvalue weighted by Crippen LogP contribution is 2.15. The SMILES string of the molecule is CCOCCCNC(=NC)NCc1nc(C)c(C)s1.I. The van der Waals surface area contributed by atoms with Crippen molar-refractivity contribution in [1.29, 1.82) is 0 Å². The van der Waals surface area contributed by atoms with Crippen LogP contribution in [0.3, 0.4) is 0 Å². The highest BCUT2D eigenvalue weighted by Gasteiger charge is 2.04. The molecule has 0 radical (unpaired) electrons. The molecule has 0 fully saturated rings. The summed E-state index contributed by atoms with van der Waals surface area (Å²) in [6, 6.07) is 0. The van der Waals surface area contributed by atoms with Crippen LogP contribution in [0.5, 0.6) is 0 Å². The molecule has 0 spiro atoms. The smallest absolute Gasteiger partial charge is 0.191 e.